The van der Waals surface area contributed by atoms with Crippen molar-refractivity contribution < 1.29 is 19.2 Å². The van der Waals surface area contributed by atoms with Crippen LogP contribution in [0.25, 0.3) is 11.3 Å². The highest BCUT2D eigenvalue weighted by atomic mass is 16.5. The fraction of sp³-hybridized carbons (Fsp3) is 0.375. The van der Waals surface area contributed by atoms with E-state index in [1.54, 1.807) is 11.0 Å². The van der Waals surface area contributed by atoms with E-state index >= 15 is 0 Å². The van der Waals surface area contributed by atoms with Gasteiger partial charge in [0.05, 0.1) is 12.7 Å². The number of benzene rings is 1. The molecule has 1 fully saturated rings. The molecule has 1 N–H and O–H groups in total. The minimum atomic E-state index is -0.442. The van der Waals surface area contributed by atoms with Crippen LogP contribution in [0.3, 0.4) is 0 Å². The standard InChI is InChI=1S/C16H16N2O4/c19-12-3-5-18(9-12)16(20)15-8-13(17-22-15)10-1-2-14-11(7-10)4-6-21-14/h1-2,7-8,12,19H,3-6,9H2/t12-/m1/s1. The molecule has 0 saturated carbocycles. The van der Waals surface area contributed by atoms with Crippen molar-refractivity contribution in [3.05, 3.63) is 35.6 Å². The molecule has 1 atom stereocenters. The van der Waals surface area contributed by atoms with E-state index in [-0.39, 0.29) is 11.7 Å². The summed E-state index contributed by atoms with van der Waals surface area (Å²) in [5, 5.41) is 13.5. The van der Waals surface area contributed by atoms with Gasteiger partial charge in [0.1, 0.15) is 11.4 Å². The second kappa shape index (κ2) is 5.14. The molecule has 0 unspecified atom stereocenters. The first-order valence-electron chi connectivity index (χ1n) is 7.41. The average Bonchev–Trinajstić information content (AvgIpc) is 3.25. The first-order chi connectivity index (χ1) is 10.7. The molecule has 2 aliphatic heterocycles. The number of ether oxygens (including phenoxy) is 1. The van der Waals surface area contributed by atoms with Gasteiger partial charge in [0, 0.05) is 31.1 Å². The van der Waals surface area contributed by atoms with Gasteiger partial charge in [-0.15, -0.1) is 0 Å². The third-order valence-corrected chi connectivity index (χ3v) is 4.16. The van der Waals surface area contributed by atoms with E-state index in [2.05, 4.69) is 5.16 Å². The number of nitrogens with zero attached hydrogens (tertiary/aromatic N) is 2. The van der Waals surface area contributed by atoms with Crippen LogP contribution in [-0.2, 0) is 6.42 Å². The third-order valence-electron chi connectivity index (χ3n) is 4.16. The highest BCUT2D eigenvalue weighted by Gasteiger charge is 2.28. The number of amides is 1. The maximum Gasteiger partial charge on any atom is 0.292 e. The number of aliphatic hydroxyl groups excluding tert-OH is 1. The summed E-state index contributed by atoms with van der Waals surface area (Å²) in [5.41, 5.74) is 2.70. The highest BCUT2D eigenvalue weighted by Crippen LogP contribution is 2.30. The number of likely N-dealkylation sites (tertiary alicyclic amines) is 1. The van der Waals surface area contributed by atoms with Crippen molar-refractivity contribution in [2.45, 2.75) is 18.9 Å². The van der Waals surface area contributed by atoms with Gasteiger partial charge in [-0.2, -0.15) is 0 Å². The van der Waals surface area contributed by atoms with E-state index in [0.717, 1.165) is 23.3 Å². The minimum absolute atomic E-state index is 0.209. The lowest BCUT2D eigenvalue weighted by Crippen LogP contribution is -2.29. The van der Waals surface area contributed by atoms with Gasteiger partial charge in [-0.1, -0.05) is 5.16 Å². The highest BCUT2D eigenvalue weighted by molar-refractivity contribution is 5.92. The van der Waals surface area contributed by atoms with Gasteiger partial charge in [0.2, 0.25) is 5.76 Å². The first kappa shape index (κ1) is 13.3. The van der Waals surface area contributed by atoms with Crippen molar-refractivity contribution in [2.24, 2.45) is 0 Å². The lowest BCUT2D eigenvalue weighted by molar-refractivity contribution is 0.0724. The van der Waals surface area contributed by atoms with E-state index in [0.29, 0.717) is 31.8 Å². The van der Waals surface area contributed by atoms with Gasteiger partial charge >= 0.3 is 0 Å². The Balaban J connectivity index is 1.57. The fourth-order valence-corrected chi connectivity index (χ4v) is 2.94. The van der Waals surface area contributed by atoms with Crippen LogP contribution in [0.5, 0.6) is 5.75 Å². The Morgan fingerprint density at radius 2 is 2.27 bits per heavy atom. The zero-order chi connectivity index (χ0) is 15.1. The van der Waals surface area contributed by atoms with Gasteiger partial charge < -0.3 is 19.3 Å². The summed E-state index contributed by atoms with van der Waals surface area (Å²) < 4.78 is 10.7. The summed E-state index contributed by atoms with van der Waals surface area (Å²) in [7, 11) is 0. The van der Waals surface area contributed by atoms with Gasteiger partial charge in [-0.25, -0.2) is 0 Å². The van der Waals surface area contributed by atoms with Crippen molar-refractivity contribution in [3.8, 4) is 17.0 Å². The molecule has 6 nitrogen and oxygen atoms in total. The van der Waals surface area contributed by atoms with Crippen LogP contribution in [0.2, 0.25) is 0 Å². The zero-order valence-electron chi connectivity index (χ0n) is 12.0. The third kappa shape index (κ3) is 2.25. The lowest BCUT2D eigenvalue weighted by Gasteiger charge is -2.12. The topological polar surface area (TPSA) is 75.8 Å². The van der Waals surface area contributed by atoms with Crippen molar-refractivity contribution in [3.63, 3.8) is 0 Å². The summed E-state index contributed by atoms with van der Waals surface area (Å²) in [6, 6.07) is 7.51. The van der Waals surface area contributed by atoms with Crippen molar-refractivity contribution in [1.82, 2.24) is 10.1 Å². The Bertz CT molecular complexity index is 725. The van der Waals surface area contributed by atoms with Gasteiger partial charge in [0.25, 0.3) is 5.91 Å². The molecule has 2 aliphatic rings. The van der Waals surface area contributed by atoms with Crippen LogP contribution < -0.4 is 4.74 Å². The summed E-state index contributed by atoms with van der Waals surface area (Å²) in [6.07, 6.45) is 1.05. The van der Waals surface area contributed by atoms with Crippen LogP contribution in [0.1, 0.15) is 22.5 Å². The SMILES string of the molecule is O=C(c1cc(-c2ccc3c(c2)CCO3)no1)N1CC[C@@H](O)C1. The Hall–Kier alpha value is -2.34. The number of carbonyl (C=O) groups is 1. The van der Waals surface area contributed by atoms with E-state index in [9.17, 15) is 9.90 Å². The second-order valence-electron chi connectivity index (χ2n) is 5.69. The van der Waals surface area contributed by atoms with Crippen LogP contribution in [0.15, 0.2) is 28.8 Å². The summed E-state index contributed by atoms with van der Waals surface area (Å²) in [5.74, 6) is 0.898. The normalized spacial score (nSPS) is 20.0. The Morgan fingerprint density at radius 3 is 3.09 bits per heavy atom. The lowest BCUT2D eigenvalue weighted by atomic mass is 10.1. The Labute approximate surface area is 127 Å². The van der Waals surface area contributed by atoms with E-state index in [1.165, 1.54) is 0 Å². The van der Waals surface area contributed by atoms with Crippen molar-refractivity contribution in [1.29, 1.82) is 0 Å². The van der Waals surface area contributed by atoms with Gasteiger partial charge in [0.15, 0.2) is 0 Å². The molecule has 4 rings (SSSR count). The predicted octanol–water partition coefficient (Wildman–Crippen LogP) is 1.48. The number of carbonyl (C=O) groups excluding carboxylic acids is 1. The Morgan fingerprint density at radius 1 is 1.36 bits per heavy atom. The van der Waals surface area contributed by atoms with E-state index in [1.807, 2.05) is 18.2 Å². The monoisotopic (exact) mass is 300 g/mol. The average molecular weight is 300 g/mol. The van der Waals surface area contributed by atoms with Crippen molar-refractivity contribution >= 4 is 5.91 Å². The molecule has 0 aliphatic carbocycles. The molecular weight excluding hydrogens is 284 g/mol. The number of rotatable bonds is 2. The molecule has 1 aromatic carbocycles. The molecule has 0 spiro atoms. The molecule has 3 heterocycles. The number of fused-ring (bicyclic) bond motifs is 1. The maximum absolute atomic E-state index is 12.3. The largest absolute Gasteiger partial charge is 0.493 e. The predicted molar refractivity (Wildman–Crippen MR) is 77.7 cm³/mol. The maximum atomic E-state index is 12.3. The number of aliphatic hydroxyl groups is 1. The fourth-order valence-electron chi connectivity index (χ4n) is 2.94. The van der Waals surface area contributed by atoms with Crippen LogP contribution in [0.4, 0.5) is 0 Å². The molecule has 22 heavy (non-hydrogen) atoms. The number of hydrogen-bond donors (Lipinski definition) is 1. The number of aromatic nitrogens is 1. The van der Waals surface area contributed by atoms with Crippen LogP contribution in [-0.4, -0.2) is 46.9 Å². The quantitative estimate of drug-likeness (QED) is 0.909. The number of hydrogen-bond acceptors (Lipinski definition) is 5. The summed E-state index contributed by atoms with van der Waals surface area (Å²) in [4.78, 5) is 13.9. The second-order valence-corrected chi connectivity index (χ2v) is 5.69. The smallest absolute Gasteiger partial charge is 0.292 e. The molecule has 1 saturated heterocycles. The molecule has 6 heteroatoms. The van der Waals surface area contributed by atoms with Crippen LogP contribution in [0, 0.1) is 0 Å². The molecule has 1 amide bonds. The first-order valence-corrected chi connectivity index (χ1v) is 7.41. The van der Waals surface area contributed by atoms with E-state index < -0.39 is 6.10 Å². The molecule has 114 valence electrons. The Kier molecular flexibility index (Phi) is 3.11. The molecule has 0 bridgehead atoms. The van der Waals surface area contributed by atoms with Crippen LogP contribution >= 0.6 is 0 Å². The molecule has 2 aromatic rings. The number of β-amino-alcohol motifs (C(OH)–C–C–N with tert-alkyl or cyclic N) is 1. The molecule has 1 aromatic heterocycles. The van der Waals surface area contributed by atoms with E-state index in [4.69, 9.17) is 9.26 Å². The minimum Gasteiger partial charge on any atom is -0.493 e. The van der Waals surface area contributed by atoms with Gasteiger partial charge in [-0.3, -0.25) is 4.79 Å². The summed E-state index contributed by atoms with van der Waals surface area (Å²) in [6.45, 7) is 1.61. The van der Waals surface area contributed by atoms with Crippen molar-refractivity contribution in [2.75, 3.05) is 19.7 Å². The van der Waals surface area contributed by atoms with Gasteiger partial charge in [-0.05, 0) is 30.2 Å². The summed E-state index contributed by atoms with van der Waals surface area (Å²) >= 11 is 0. The zero-order valence-corrected chi connectivity index (χ0v) is 12.0. The molecular formula is C16H16N2O4. The molecule has 0 radical (unpaired) electrons.